The van der Waals surface area contributed by atoms with Crippen LogP contribution in [0.15, 0.2) is 34.9 Å². The molecule has 8 heteroatoms. The lowest BCUT2D eigenvalue weighted by Crippen LogP contribution is -2.32. The molecule has 1 amide bonds. The number of carbonyl (C=O) groups excluding carboxylic acids is 1. The SMILES string of the molecule is CO[C@@H]1C[C@H](c2nnc(C)o2)N(C(=O)CCn2ccc3cc(Cl)ccc32)C1. The van der Waals surface area contributed by atoms with Crippen LogP contribution in [0.2, 0.25) is 5.02 Å². The van der Waals surface area contributed by atoms with Crippen LogP contribution < -0.4 is 0 Å². The first-order chi connectivity index (χ1) is 13.0. The number of hydrogen-bond acceptors (Lipinski definition) is 5. The molecule has 3 heterocycles. The van der Waals surface area contributed by atoms with E-state index in [1.54, 1.807) is 18.9 Å². The van der Waals surface area contributed by atoms with E-state index in [-0.39, 0.29) is 18.1 Å². The van der Waals surface area contributed by atoms with E-state index in [2.05, 4.69) is 14.8 Å². The summed E-state index contributed by atoms with van der Waals surface area (Å²) in [5, 5.41) is 9.77. The Bertz CT molecular complexity index is 967. The second-order valence-electron chi connectivity index (χ2n) is 6.78. The van der Waals surface area contributed by atoms with Gasteiger partial charge in [-0.3, -0.25) is 4.79 Å². The molecule has 3 aromatic rings. The summed E-state index contributed by atoms with van der Waals surface area (Å²) >= 11 is 6.04. The van der Waals surface area contributed by atoms with Gasteiger partial charge in [-0.05, 0) is 24.3 Å². The second-order valence-corrected chi connectivity index (χ2v) is 7.21. The number of methoxy groups -OCH3 is 1. The van der Waals surface area contributed by atoms with Crippen molar-refractivity contribution in [3.63, 3.8) is 0 Å². The van der Waals surface area contributed by atoms with Crippen LogP contribution in [0.1, 0.15) is 30.7 Å². The van der Waals surface area contributed by atoms with Gasteiger partial charge in [0.15, 0.2) is 0 Å². The molecule has 0 bridgehead atoms. The van der Waals surface area contributed by atoms with Gasteiger partial charge in [-0.2, -0.15) is 0 Å². The standard InChI is InChI=1S/C19H21ClN4O3/c1-12-21-22-19(27-12)17-10-15(26-2)11-24(17)18(25)6-8-23-7-5-13-9-14(20)3-4-16(13)23/h3-5,7,9,15,17H,6,8,10-11H2,1-2H3/t15-,17-/m1/s1. The van der Waals surface area contributed by atoms with Crippen LogP contribution in [-0.4, -0.2) is 45.3 Å². The summed E-state index contributed by atoms with van der Waals surface area (Å²) in [7, 11) is 1.66. The number of hydrogen-bond donors (Lipinski definition) is 0. The molecule has 4 rings (SSSR count). The summed E-state index contributed by atoms with van der Waals surface area (Å²) < 4.78 is 13.1. The fraction of sp³-hybridized carbons (Fsp3) is 0.421. The van der Waals surface area contributed by atoms with Gasteiger partial charge in [0.25, 0.3) is 0 Å². The predicted octanol–water partition coefficient (Wildman–Crippen LogP) is 3.36. The predicted molar refractivity (Wildman–Crippen MR) is 100 cm³/mol. The zero-order valence-corrected chi connectivity index (χ0v) is 16.0. The Morgan fingerprint density at radius 3 is 2.96 bits per heavy atom. The van der Waals surface area contributed by atoms with Crippen molar-refractivity contribution < 1.29 is 13.9 Å². The number of benzene rings is 1. The maximum Gasteiger partial charge on any atom is 0.239 e. The Morgan fingerprint density at radius 2 is 2.22 bits per heavy atom. The zero-order chi connectivity index (χ0) is 19.0. The van der Waals surface area contributed by atoms with Crippen LogP contribution in [0, 0.1) is 6.92 Å². The molecule has 1 fully saturated rings. The number of halogens is 1. The first-order valence-corrected chi connectivity index (χ1v) is 9.29. The van der Waals surface area contributed by atoms with E-state index in [1.807, 2.05) is 30.5 Å². The highest BCUT2D eigenvalue weighted by molar-refractivity contribution is 6.31. The van der Waals surface area contributed by atoms with Crippen molar-refractivity contribution in [2.24, 2.45) is 0 Å². The first kappa shape index (κ1) is 18.0. The topological polar surface area (TPSA) is 73.4 Å². The van der Waals surface area contributed by atoms with E-state index < -0.39 is 0 Å². The molecule has 1 saturated heterocycles. The lowest BCUT2D eigenvalue weighted by Gasteiger charge is -2.22. The molecule has 0 aliphatic carbocycles. The monoisotopic (exact) mass is 388 g/mol. The van der Waals surface area contributed by atoms with Gasteiger partial charge < -0.3 is 18.6 Å². The van der Waals surface area contributed by atoms with Gasteiger partial charge in [0.2, 0.25) is 17.7 Å². The fourth-order valence-corrected chi connectivity index (χ4v) is 3.83. The highest BCUT2D eigenvalue weighted by atomic mass is 35.5. The summed E-state index contributed by atoms with van der Waals surface area (Å²) in [5.74, 6) is 1.02. The van der Waals surface area contributed by atoms with Crippen LogP contribution in [0.4, 0.5) is 0 Å². The average Bonchev–Trinajstić information content (AvgIpc) is 3.37. The highest BCUT2D eigenvalue weighted by Crippen LogP contribution is 2.33. The third-order valence-electron chi connectivity index (χ3n) is 5.04. The number of aromatic nitrogens is 3. The van der Waals surface area contributed by atoms with E-state index in [1.165, 1.54) is 0 Å². The maximum atomic E-state index is 12.9. The van der Waals surface area contributed by atoms with E-state index in [0.717, 1.165) is 10.9 Å². The minimum absolute atomic E-state index is 0.0271. The van der Waals surface area contributed by atoms with Crippen LogP contribution in [0.5, 0.6) is 0 Å². The maximum absolute atomic E-state index is 12.9. The Hall–Kier alpha value is -2.38. The minimum atomic E-state index is -0.233. The number of likely N-dealkylation sites (tertiary alicyclic amines) is 1. The van der Waals surface area contributed by atoms with E-state index >= 15 is 0 Å². The number of amides is 1. The Kier molecular flexibility index (Phi) is 4.88. The summed E-state index contributed by atoms with van der Waals surface area (Å²) in [4.78, 5) is 14.7. The Labute approximate surface area is 161 Å². The second kappa shape index (κ2) is 7.32. The summed E-state index contributed by atoms with van der Waals surface area (Å²) in [6.07, 6.45) is 3.00. The highest BCUT2D eigenvalue weighted by Gasteiger charge is 2.39. The molecule has 2 atom stereocenters. The number of rotatable bonds is 5. The van der Waals surface area contributed by atoms with Crippen LogP contribution in [0.25, 0.3) is 10.9 Å². The first-order valence-electron chi connectivity index (χ1n) is 8.92. The number of fused-ring (bicyclic) bond motifs is 1. The van der Waals surface area contributed by atoms with Gasteiger partial charge in [0.1, 0.15) is 6.04 Å². The van der Waals surface area contributed by atoms with Gasteiger partial charge in [0, 0.05) is 62.1 Å². The molecule has 0 spiro atoms. The smallest absolute Gasteiger partial charge is 0.239 e. The van der Waals surface area contributed by atoms with Crippen molar-refractivity contribution in [3.8, 4) is 0 Å². The van der Waals surface area contributed by atoms with Crippen LogP contribution in [-0.2, 0) is 16.1 Å². The van der Waals surface area contributed by atoms with Crippen molar-refractivity contribution in [2.45, 2.75) is 38.5 Å². The molecule has 142 valence electrons. The molecule has 0 saturated carbocycles. The molecule has 1 aliphatic heterocycles. The molecule has 0 unspecified atom stereocenters. The molecule has 27 heavy (non-hydrogen) atoms. The van der Waals surface area contributed by atoms with Crippen molar-refractivity contribution in [1.82, 2.24) is 19.7 Å². The van der Waals surface area contributed by atoms with Gasteiger partial charge in [-0.15, -0.1) is 10.2 Å². The van der Waals surface area contributed by atoms with Crippen molar-refractivity contribution in [1.29, 1.82) is 0 Å². The van der Waals surface area contributed by atoms with E-state index in [9.17, 15) is 4.79 Å². The molecule has 0 N–H and O–H groups in total. The lowest BCUT2D eigenvalue weighted by atomic mass is 10.2. The van der Waals surface area contributed by atoms with Crippen molar-refractivity contribution in [3.05, 3.63) is 47.3 Å². The van der Waals surface area contributed by atoms with Gasteiger partial charge in [-0.25, -0.2) is 0 Å². The van der Waals surface area contributed by atoms with E-state index in [0.29, 0.717) is 42.7 Å². The molecule has 1 aromatic carbocycles. The number of carbonyl (C=O) groups is 1. The van der Waals surface area contributed by atoms with Crippen molar-refractivity contribution in [2.75, 3.05) is 13.7 Å². The quantitative estimate of drug-likeness (QED) is 0.670. The summed E-state index contributed by atoms with van der Waals surface area (Å²) in [6.45, 7) is 2.87. The zero-order valence-electron chi connectivity index (χ0n) is 15.3. The third kappa shape index (κ3) is 3.57. The Morgan fingerprint density at radius 1 is 1.37 bits per heavy atom. The number of aryl methyl sites for hydroxylation is 2. The lowest BCUT2D eigenvalue weighted by molar-refractivity contribution is -0.133. The van der Waals surface area contributed by atoms with Gasteiger partial charge in [0.05, 0.1) is 6.10 Å². The van der Waals surface area contributed by atoms with Gasteiger partial charge >= 0.3 is 0 Å². The summed E-state index contributed by atoms with van der Waals surface area (Å²) in [5.41, 5.74) is 1.06. The van der Waals surface area contributed by atoms with Crippen molar-refractivity contribution >= 4 is 28.4 Å². The third-order valence-corrected chi connectivity index (χ3v) is 5.28. The Balaban J connectivity index is 1.48. The van der Waals surface area contributed by atoms with E-state index in [4.69, 9.17) is 20.8 Å². The van der Waals surface area contributed by atoms with Crippen LogP contribution in [0.3, 0.4) is 0 Å². The molecule has 1 aliphatic rings. The molecule has 7 nitrogen and oxygen atoms in total. The normalized spacial score (nSPS) is 19.9. The minimum Gasteiger partial charge on any atom is -0.423 e. The fourth-order valence-electron chi connectivity index (χ4n) is 3.65. The molecular formula is C19H21ClN4O3. The van der Waals surface area contributed by atoms with Crippen LogP contribution >= 0.6 is 11.6 Å². The number of nitrogens with zero attached hydrogens (tertiary/aromatic N) is 4. The number of ether oxygens (including phenoxy) is 1. The molecular weight excluding hydrogens is 368 g/mol. The molecule has 0 radical (unpaired) electrons. The molecule has 2 aromatic heterocycles. The average molecular weight is 389 g/mol. The van der Waals surface area contributed by atoms with Gasteiger partial charge in [-0.1, -0.05) is 11.6 Å². The largest absolute Gasteiger partial charge is 0.423 e. The summed E-state index contributed by atoms with van der Waals surface area (Å²) in [6, 6.07) is 7.53.